The van der Waals surface area contributed by atoms with Gasteiger partial charge in [-0.3, -0.25) is 0 Å². The Morgan fingerprint density at radius 2 is 2.04 bits per heavy atom. The van der Waals surface area contributed by atoms with Crippen molar-refractivity contribution in [3.05, 3.63) is 35.5 Å². The number of benzene rings is 1. The lowest BCUT2D eigenvalue weighted by Crippen LogP contribution is -2.05. The molecule has 1 atom stereocenters. The molecule has 0 N–H and O–H groups in total. The average Bonchev–Trinajstić information content (AvgIpc) is 3.24. The van der Waals surface area contributed by atoms with Crippen LogP contribution in [0, 0.1) is 0 Å². The molecule has 10 heteroatoms. The Morgan fingerprint density at radius 3 is 2.71 bits per heavy atom. The highest BCUT2D eigenvalue weighted by Gasteiger charge is 2.31. The van der Waals surface area contributed by atoms with E-state index in [0.29, 0.717) is 46.8 Å². The highest BCUT2D eigenvalue weighted by molar-refractivity contribution is 7.98. The van der Waals surface area contributed by atoms with Crippen molar-refractivity contribution in [2.24, 2.45) is 0 Å². The number of alkyl halides is 3. The standard InChI is InChI=1S/C18H21F3N4O2S/c1-4-8-25-14-9-12(18(19,20)21)6-7-13(14)22-17(25)28-10-15-23-16(24-27-15)11(3)26-5-2/h6-7,9,11H,4-5,8,10H2,1-3H3. The first-order chi connectivity index (χ1) is 13.3. The third-order valence-electron chi connectivity index (χ3n) is 4.08. The zero-order valence-electron chi connectivity index (χ0n) is 15.8. The summed E-state index contributed by atoms with van der Waals surface area (Å²) in [5.74, 6) is 1.25. The number of fused-ring (bicyclic) bond motifs is 1. The molecule has 6 nitrogen and oxygen atoms in total. The topological polar surface area (TPSA) is 66.0 Å². The van der Waals surface area contributed by atoms with Crippen LogP contribution in [0.5, 0.6) is 0 Å². The van der Waals surface area contributed by atoms with Gasteiger partial charge in [-0.05, 0) is 38.5 Å². The molecule has 0 saturated carbocycles. The molecular formula is C18H21F3N4O2S. The molecule has 0 aliphatic rings. The van der Waals surface area contributed by atoms with Crippen LogP contribution in [-0.4, -0.2) is 26.3 Å². The number of thioether (sulfide) groups is 1. The van der Waals surface area contributed by atoms with Gasteiger partial charge in [-0.25, -0.2) is 4.98 Å². The summed E-state index contributed by atoms with van der Waals surface area (Å²) in [6.45, 7) is 6.80. The molecule has 2 heterocycles. The Labute approximate surface area is 164 Å². The largest absolute Gasteiger partial charge is 0.416 e. The van der Waals surface area contributed by atoms with E-state index in [1.807, 2.05) is 20.8 Å². The van der Waals surface area contributed by atoms with Crippen molar-refractivity contribution in [1.82, 2.24) is 19.7 Å². The second kappa shape index (κ2) is 8.52. The van der Waals surface area contributed by atoms with E-state index in [0.717, 1.165) is 18.6 Å². The van der Waals surface area contributed by atoms with Crippen LogP contribution < -0.4 is 0 Å². The van der Waals surface area contributed by atoms with Gasteiger partial charge in [-0.2, -0.15) is 18.2 Å². The first-order valence-corrected chi connectivity index (χ1v) is 9.96. The van der Waals surface area contributed by atoms with Gasteiger partial charge in [0.2, 0.25) is 5.89 Å². The minimum Gasteiger partial charge on any atom is -0.371 e. The van der Waals surface area contributed by atoms with Crippen LogP contribution in [0.25, 0.3) is 11.0 Å². The molecule has 0 fully saturated rings. The summed E-state index contributed by atoms with van der Waals surface area (Å²) in [6, 6.07) is 3.61. The molecule has 3 rings (SSSR count). The zero-order valence-corrected chi connectivity index (χ0v) is 16.6. The molecule has 152 valence electrons. The van der Waals surface area contributed by atoms with E-state index < -0.39 is 11.7 Å². The predicted molar refractivity (Wildman–Crippen MR) is 98.9 cm³/mol. The van der Waals surface area contributed by atoms with Gasteiger partial charge in [-0.1, -0.05) is 23.8 Å². The van der Waals surface area contributed by atoms with Crippen molar-refractivity contribution in [2.75, 3.05) is 6.61 Å². The third kappa shape index (κ3) is 4.49. The molecule has 0 radical (unpaired) electrons. The molecule has 3 aromatic rings. The Bertz CT molecular complexity index is 939. The summed E-state index contributed by atoms with van der Waals surface area (Å²) in [7, 11) is 0. The Morgan fingerprint density at radius 1 is 1.25 bits per heavy atom. The zero-order chi connectivity index (χ0) is 20.3. The number of nitrogens with zero attached hydrogens (tertiary/aromatic N) is 4. The van der Waals surface area contributed by atoms with Gasteiger partial charge in [0.25, 0.3) is 0 Å². The van der Waals surface area contributed by atoms with E-state index >= 15 is 0 Å². The molecule has 1 unspecified atom stereocenters. The SMILES string of the molecule is CCCn1c(SCc2nc(C(C)OCC)no2)nc2ccc(C(F)(F)F)cc21. The molecule has 0 bridgehead atoms. The molecule has 28 heavy (non-hydrogen) atoms. The van der Waals surface area contributed by atoms with Crippen molar-refractivity contribution in [2.45, 2.75) is 56.9 Å². The number of imidazole rings is 1. The van der Waals surface area contributed by atoms with E-state index in [2.05, 4.69) is 15.1 Å². The van der Waals surface area contributed by atoms with Crippen molar-refractivity contribution in [1.29, 1.82) is 0 Å². The fourth-order valence-corrected chi connectivity index (χ4v) is 3.65. The van der Waals surface area contributed by atoms with Gasteiger partial charge < -0.3 is 13.8 Å². The first kappa shape index (κ1) is 20.7. The smallest absolute Gasteiger partial charge is 0.371 e. The van der Waals surface area contributed by atoms with Gasteiger partial charge in [-0.15, -0.1) is 0 Å². The monoisotopic (exact) mass is 414 g/mol. The lowest BCUT2D eigenvalue weighted by Gasteiger charge is -2.09. The number of halogens is 3. The van der Waals surface area contributed by atoms with Gasteiger partial charge in [0.05, 0.1) is 22.3 Å². The van der Waals surface area contributed by atoms with Crippen molar-refractivity contribution in [3.63, 3.8) is 0 Å². The summed E-state index contributed by atoms with van der Waals surface area (Å²) >= 11 is 1.35. The normalized spacial score (nSPS) is 13.4. The quantitative estimate of drug-likeness (QED) is 0.470. The van der Waals surface area contributed by atoms with Gasteiger partial charge in [0.15, 0.2) is 11.0 Å². The number of ether oxygens (including phenoxy) is 1. The number of aryl methyl sites for hydroxylation is 1. The van der Waals surface area contributed by atoms with Crippen molar-refractivity contribution in [3.8, 4) is 0 Å². The van der Waals surface area contributed by atoms with E-state index in [-0.39, 0.29) is 6.10 Å². The van der Waals surface area contributed by atoms with Gasteiger partial charge >= 0.3 is 6.18 Å². The van der Waals surface area contributed by atoms with Gasteiger partial charge in [0.1, 0.15) is 6.10 Å². The molecule has 0 aliphatic carbocycles. The molecule has 0 aliphatic heterocycles. The van der Waals surface area contributed by atoms with Crippen LogP contribution in [0.2, 0.25) is 0 Å². The van der Waals surface area contributed by atoms with Crippen LogP contribution in [0.3, 0.4) is 0 Å². The van der Waals surface area contributed by atoms with Crippen LogP contribution in [0.15, 0.2) is 27.9 Å². The summed E-state index contributed by atoms with van der Waals surface area (Å²) in [5.41, 5.74) is 0.316. The fourth-order valence-electron chi connectivity index (χ4n) is 2.77. The maximum Gasteiger partial charge on any atom is 0.416 e. The molecule has 0 amide bonds. The van der Waals surface area contributed by atoms with E-state index in [1.165, 1.54) is 17.8 Å². The first-order valence-electron chi connectivity index (χ1n) is 8.97. The minimum atomic E-state index is -4.39. The second-order valence-corrected chi connectivity index (χ2v) is 7.12. The molecule has 0 saturated heterocycles. The van der Waals surface area contributed by atoms with Crippen LogP contribution in [0.1, 0.15) is 50.6 Å². The maximum atomic E-state index is 13.1. The minimum absolute atomic E-state index is 0.266. The van der Waals surface area contributed by atoms with Crippen LogP contribution in [0.4, 0.5) is 13.2 Å². The Kier molecular flexibility index (Phi) is 6.29. The lowest BCUT2D eigenvalue weighted by molar-refractivity contribution is -0.137. The maximum absolute atomic E-state index is 13.1. The van der Waals surface area contributed by atoms with Gasteiger partial charge in [0, 0.05) is 13.2 Å². The number of hydrogen-bond acceptors (Lipinski definition) is 6. The van der Waals surface area contributed by atoms with E-state index in [1.54, 1.807) is 4.57 Å². The molecule has 1 aromatic carbocycles. The molecule has 0 spiro atoms. The highest BCUT2D eigenvalue weighted by atomic mass is 32.2. The number of hydrogen-bond donors (Lipinski definition) is 0. The number of aromatic nitrogens is 4. The Balaban J connectivity index is 1.83. The second-order valence-electron chi connectivity index (χ2n) is 6.18. The summed E-state index contributed by atoms with van der Waals surface area (Å²) in [4.78, 5) is 8.80. The van der Waals surface area contributed by atoms with Crippen molar-refractivity contribution >= 4 is 22.8 Å². The third-order valence-corrected chi connectivity index (χ3v) is 5.04. The predicted octanol–water partition coefficient (Wildman–Crippen LogP) is 5.24. The average molecular weight is 414 g/mol. The molecular weight excluding hydrogens is 393 g/mol. The summed E-state index contributed by atoms with van der Waals surface area (Å²) in [5, 5.41) is 4.53. The van der Waals surface area contributed by atoms with E-state index in [9.17, 15) is 13.2 Å². The summed E-state index contributed by atoms with van der Waals surface area (Å²) < 4.78 is 51.7. The lowest BCUT2D eigenvalue weighted by atomic mass is 10.2. The van der Waals surface area contributed by atoms with Crippen molar-refractivity contribution < 1.29 is 22.4 Å². The molecule has 2 aromatic heterocycles. The fraction of sp³-hybridized carbons (Fsp3) is 0.500. The number of rotatable bonds is 8. The summed E-state index contributed by atoms with van der Waals surface area (Å²) in [6.07, 6.45) is -3.88. The highest BCUT2D eigenvalue weighted by Crippen LogP contribution is 2.33. The Hall–Kier alpha value is -2.07. The van der Waals surface area contributed by atoms with E-state index in [4.69, 9.17) is 9.26 Å². The van der Waals surface area contributed by atoms with Crippen LogP contribution >= 0.6 is 11.8 Å². The van der Waals surface area contributed by atoms with Crippen LogP contribution in [-0.2, 0) is 23.2 Å².